The van der Waals surface area contributed by atoms with Crippen LogP contribution in [0.15, 0.2) is 65.2 Å². The quantitative estimate of drug-likeness (QED) is 0.672. The van der Waals surface area contributed by atoms with E-state index in [-0.39, 0.29) is 0 Å². The molecule has 0 N–H and O–H groups in total. The van der Waals surface area contributed by atoms with Gasteiger partial charge in [-0.3, -0.25) is 9.80 Å². The van der Waals surface area contributed by atoms with Gasteiger partial charge in [-0.25, -0.2) is 0 Å². The normalized spacial score (nSPS) is 16.0. The third-order valence-corrected chi connectivity index (χ3v) is 5.04. The van der Waals surface area contributed by atoms with Gasteiger partial charge in [-0.1, -0.05) is 59.2 Å². The number of hydrogen-bond acceptors (Lipinski definition) is 4. The summed E-state index contributed by atoms with van der Waals surface area (Å²) < 4.78 is 5.50. The number of halogens is 1. The van der Waals surface area contributed by atoms with Gasteiger partial charge >= 0.3 is 0 Å². The van der Waals surface area contributed by atoms with Crippen LogP contribution in [0.5, 0.6) is 0 Å². The average Bonchev–Trinajstić information content (AvgIpc) is 3.14. The standard InChI is InChI=1S/C21H22ClN3O/c22-19-8-6-17(7-9-19)15-24-10-12-25(13-11-24)16-20-14-21(26-23-20)18-4-2-1-3-5-18/h1-9,14H,10-13,15-16H2. The highest BCUT2D eigenvalue weighted by Crippen LogP contribution is 2.21. The predicted octanol–water partition coefficient (Wildman–Crippen LogP) is 4.31. The van der Waals surface area contributed by atoms with Crippen LogP contribution >= 0.6 is 11.6 Å². The van der Waals surface area contributed by atoms with E-state index in [2.05, 4.69) is 33.2 Å². The summed E-state index contributed by atoms with van der Waals surface area (Å²) in [5.74, 6) is 0.835. The summed E-state index contributed by atoms with van der Waals surface area (Å²) >= 11 is 5.96. The number of rotatable bonds is 5. The lowest BCUT2D eigenvalue weighted by Crippen LogP contribution is -2.45. The molecule has 26 heavy (non-hydrogen) atoms. The lowest BCUT2D eigenvalue weighted by atomic mass is 10.1. The molecule has 2 aromatic carbocycles. The minimum atomic E-state index is 0.793. The van der Waals surface area contributed by atoms with Gasteiger partial charge in [-0.15, -0.1) is 0 Å². The number of aromatic nitrogens is 1. The Morgan fingerprint density at radius 3 is 2.19 bits per heavy atom. The summed E-state index contributed by atoms with van der Waals surface area (Å²) in [4.78, 5) is 4.92. The van der Waals surface area contributed by atoms with Crippen molar-refractivity contribution in [2.24, 2.45) is 0 Å². The van der Waals surface area contributed by atoms with Crippen molar-refractivity contribution in [2.45, 2.75) is 13.1 Å². The smallest absolute Gasteiger partial charge is 0.167 e. The monoisotopic (exact) mass is 367 g/mol. The second-order valence-corrected chi connectivity index (χ2v) is 7.16. The maximum absolute atomic E-state index is 5.96. The molecule has 0 unspecified atom stereocenters. The molecule has 0 bridgehead atoms. The van der Waals surface area contributed by atoms with Crippen molar-refractivity contribution in [1.82, 2.24) is 15.0 Å². The van der Waals surface area contributed by atoms with Crippen molar-refractivity contribution >= 4 is 11.6 Å². The van der Waals surface area contributed by atoms with E-state index in [4.69, 9.17) is 16.1 Å². The van der Waals surface area contributed by atoms with Gasteiger partial charge in [-0.05, 0) is 17.7 Å². The van der Waals surface area contributed by atoms with Gasteiger partial charge in [-0.2, -0.15) is 0 Å². The van der Waals surface area contributed by atoms with E-state index in [1.165, 1.54) is 5.56 Å². The van der Waals surface area contributed by atoms with Crippen molar-refractivity contribution in [3.8, 4) is 11.3 Å². The minimum Gasteiger partial charge on any atom is -0.356 e. The second-order valence-electron chi connectivity index (χ2n) is 6.73. The maximum Gasteiger partial charge on any atom is 0.167 e. The number of hydrogen-bond donors (Lipinski definition) is 0. The Labute approximate surface area is 159 Å². The number of nitrogens with zero attached hydrogens (tertiary/aromatic N) is 3. The summed E-state index contributed by atoms with van der Waals surface area (Å²) in [5.41, 5.74) is 3.38. The van der Waals surface area contributed by atoms with Crippen LogP contribution in [0, 0.1) is 0 Å². The molecule has 0 atom stereocenters. The molecule has 2 heterocycles. The molecule has 134 valence electrons. The largest absolute Gasteiger partial charge is 0.356 e. The molecule has 5 heteroatoms. The summed E-state index contributed by atoms with van der Waals surface area (Å²) in [5, 5.41) is 5.03. The topological polar surface area (TPSA) is 32.5 Å². The summed E-state index contributed by atoms with van der Waals surface area (Å²) in [7, 11) is 0. The molecular formula is C21H22ClN3O. The lowest BCUT2D eigenvalue weighted by molar-refractivity contribution is 0.120. The van der Waals surface area contributed by atoms with E-state index in [9.17, 15) is 0 Å². The zero-order chi connectivity index (χ0) is 17.8. The van der Waals surface area contributed by atoms with E-state index >= 15 is 0 Å². The molecule has 1 fully saturated rings. The first-order valence-electron chi connectivity index (χ1n) is 8.96. The van der Waals surface area contributed by atoms with Gasteiger partial charge in [0.25, 0.3) is 0 Å². The molecule has 0 spiro atoms. The first kappa shape index (κ1) is 17.3. The predicted molar refractivity (Wildman–Crippen MR) is 104 cm³/mol. The fourth-order valence-corrected chi connectivity index (χ4v) is 3.43. The molecule has 4 nitrogen and oxygen atoms in total. The Hall–Kier alpha value is -2.14. The fourth-order valence-electron chi connectivity index (χ4n) is 3.31. The zero-order valence-electron chi connectivity index (χ0n) is 14.6. The molecule has 4 rings (SSSR count). The van der Waals surface area contributed by atoms with Gasteiger partial charge in [0.1, 0.15) is 0 Å². The van der Waals surface area contributed by atoms with Crippen LogP contribution in [0.4, 0.5) is 0 Å². The van der Waals surface area contributed by atoms with Crippen molar-refractivity contribution < 1.29 is 4.52 Å². The summed E-state index contributed by atoms with van der Waals surface area (Å²) in [6.07, 6.45) is 0. The van der Waals surface area contributed by atoms with E-state index in [1.54, 1.807) is 0 Å². The van der Waals surface area contributed by atoms with Crippen molar-refractivity contribution in [1.29, 1.82) is 0 Å². The van der Waals surface area contributed by atoms with Gasteiger partial charge in [0.2, 0.25) is 0 Å². The van der Waals surface area contributed by atoms with Crippen LogP contribution in [-0.2, 0) is 13.1 Å². The Morgan fingerprint density at radius 2 is 1.50 bits per heavy atom. The summed E-state index contributed by atoms with van der Waals surface area (Å²) in [6, 6.07) is 20.3. The highest BCUT2D eigenvalue weighted by Gasteiger charge is 2.18. The zero-order valence-corrected chi connectivity index (χ0v) is 15.4. The minimum absolute atomic E-state index is 0.793. The molecule has 0 amide bonds. The Balaban J connectivity index is 1.29. The highest BCUT2D eigenvalue weighted by atomic mass is 35.5. The van der Waals surface area contributed by atoms with Gasteiger partial charge in [0, 0.05) is 55.9 Å². The van der Waals surface area contributed by atoms with Gasteiger partial charge in [0.15, 0.2) is 5.76 Å². The van der Waals surface area contributed by atoms with Crippen molar-refractivity contribution in [2.75, 3.05) is 26.2 Å². The molecule has 0 saturated carbocycles. The van der Waals surface area contributed by atoms with Gasteiger partial charge < -0.3 is 4.52 Å². The Morgan fingerprint density at radius 1 is 0.846 bits per heavy atom. The van der Waals surface area contributed by atoms with Crippen LogP contribution < -0.4 is 0 Å². The molecular weight excluding hydrogens is 346 g/mol. The van der Waals surface area contributed by atoms with E-state index < -0.39 is 0 Å². The molecule has 1 aliphatic rings. The average molecular weight is 368 g/mol. The second kappa shape index (κ2) is 8.04. The van der Waals surface area contributed by atoms with Crippen molar-refractivity contribution in [3.05, 3.63) is 76.9 Å². The van der Waals surface area contributed by atoms with E-state index in [0.717, 1.165) is 61.3 Å². The Kier molecular flexibility index (Phi) is 5.34. The lowest BCUT2D eigenvalue weighted by Gasteiger charge is -2.34. The van der Waals surface area contributed by atoms with E-state index in [1.807, 2.05) is 42.5 Å². The van der Waals surface area contributed by atoms with Crippen LogP contribution in [0.25, 0.3) is 11.3 Å². The number of benzene rings is 2. The highest BCUT2D eigenvalue weighted by molar-refractivity contribution is 6.30. The van der Waals surface area contributed by atoms with Crippen LogP contribution in [0.3, 0.4) is 0 Å². The Bertz CT molecular complexity index is 824. The third-order valence-electron chi connectivity index (χ3n) is 4.79. The first-order chi connectivity index (χ1) is 12.8. The fraction of sp³-hybridized carbons (Fsp3) is 0.286. The summed E-state index contributed by atoms with van der Waals surface area (Å²) in [6.45, 7) is 6.03. The molecule has 1 aromatic heterocycles. The maximum atomic E-state index is 5.96. The SMILES string of the molecule is Clc1ccc(CN2CCN(Cc3cc(-c4ccccc4)on3)CC2)cc1. The molecule has 0 aliphatic carbocycles. The molecule has 0 radical (unpaired) electrons. The number of piperazine rings is 1. The molecule has 1 aliphatic heterocycles. The van der Waals surface area contributed by atoms with E-state index in [0.29, 0.717) is 0 Å². The van der Waals surface area contributed by atoms with Crippen LogP contribution in [0.1, 0.15) is 11.3 Å². The molecule has 3 aromatic rings. The van der Waals surface area contributed by atoms with Crippen molar-refractivity contribution in [3.63, 3.8) is 0 Å². The van der Waals surface area contributed by atoms with Crippen LogP contribution in [-0.4, -0.2) is 41.1 Å². The first-order valence-corrected chi connectivity index (χ1v) is 9.34. The van der Waals surface area contributed by atoms with Gasteiger partial charge in [0.05, 0.1) is 5.69 Å². The van der Waals surface area contributed by atoms with Crippen LogP contribution in [0.2, 0.25) is 5.02 Å². The third kappa shape index (κ3) is 4.33. The molecule has 1 saturated heterocycles.